The van der Waals surface area contributed by atoms with Gasteiger partial charge in [-0.1, -0.05) is 13.8 Å². The summed E-state index contributed by atoms with van der Waals surface area (Å²) < 4.78 is 0. The van der Waals surface area contributed by atoms with Crippen LogP contribution in [0.15, 0.2) is 0 Å². The lowest BCUT2D eigenvalue weighted by Crippen LogP contribution is -2.40. The highest BCUT2D eigenvalue weighted by molar-refractivity contribution is 5.91. The Morgan fingerprint density at radius 2 is 1.64 bits per heavy atom. The molecule has 0 aromatic rings. The highest BCUT2D eigenvalue weighted by atomic mass is 16.4. The van der Waals surface area contributed by atoms with Crippen LogP contribution < -0.4 is 0 Å². The van der Waals surface area contributed by atoms with Crippen LogP contribution in [0.4, 0.5) is 0 Å². The predicted octanol–water partition coefficient (Wildman–Crippen LogP) is 2.23. The Morgan fingerprint density at radius 3 is 2.08 bits per heavy atom. The monoisotopic (exact) mass is 352 g/mol. The van der Waals surface area contributed by atoms with Gasteiger partial charge in [-0.3, -0.25) is 14.4 Å². The summed E-state index contributed by atoms with van der Waals surface area (Å²) in [5, 5.41) is 9.25. The third kappa shape index (κ3) is 4.15. The SMILES string of the molecule is CCN(CC)C(=O)CCC1CCN(C(=O)[C@@H]2[C@H](C(=O)O)C2(C)C)CC1. The van der Waals surface area contributed by atoms with Gasteiger partial charge in [-0.2, -0.15) is 0 Å². The van der Waals surface area contributed by atoms with Gasteiger partial charge < -0.3 is 14.9 Å². The lowest BCUT2D eigenvalue weighted by Gasteiger charge is -2.32. The van der Waals surface area contributed by atoms with E-state index >= 15 is 0 Å². The summed E-state index contributed by atoms with van der Waals surface area (Å²) in [5.41, 5.74) is -0.435. The Labute approximate surface area is 150 Å². The number of hydrogen-bond donors (Lipinski definition) is 1. The van der Waals surface area contributed by atoms with Gasteiger partial charge in [0.1, 0.15) is 0 Å². The zero-order valence-electron chi connectivity index (χ0n) is 16.0. The molecule has 6 heteroatoms. The number of hydrogen-bond acceptors (Lipinski definition) is 3. The van der Waals surface area contributed by atoms with E-state index in [1.165, 1.54) is 0 Å². The Morgan fingerprint density at radius 1 is 1.08 bits per heavy atom. The molecular weight excluding hydrogens is 320 g/mol. The van der Waals surface area contributed by atoms with E-state index in [2.05, 4.69) is 0 Å². The third-order valence-electron chi connectivity index (χ3n) is 6.17. The van der Waals surface area contributed by atoms with Crippen molar-refractivity contribution >= 4 is 17.8 Å². The van der Waals surface area contributed by atoms with Gasteiger partial charge in [-0.25, -0.2) is 0 Å². The summed E-state index contributed by atoms with van der Waals surface area (Å²) in [6, 6.07) is 0. The first kappa shape index (κ1) is 19.7. The van der Waals surface area contributed by atoms with Crippen LogP contribution in [-0.4, -0.2) is 58.9 Å². The number of carbonyl (C=O) groups excluding carboxylic acids is 2. The summed E-state index contributed by atoms with van der Waals surface area (Å²) in [5.74, 6) is -1.11. The average molecular weight is 352 g/mol. The van der Waals surface area contributed by atoms with Crippen LogP contribution in [0.25, 0.3) is 0 Å². The number of nitrogens with zero attached hydrogens (tertiary/aromatic N) is 2. The van der Waals surface area contributed by atoms with Gasteiger partial charge in [0.05, 0.1) is 11.8 Å². The molecule has 0 spiro atoms. The van der Waals surface area contributed by atoms with Gasteiger partial charge in [0.2, 0.25) is 11.8 Å². The Bertz CT molecular complexity index is 520. The number of likely N-dealkylation sites (tertiary alicyclic amines) is 1. The van der Waals surface area contributed by atoms with Crippen molar-refractivity contribution in [3.63, 3.8) is 0 Å². The van der Waals surface area contributed by atoms with E-state index in [0.29, 0.717) is 25.4 Å². The molecule has 1 N–H and O–H groups in total. The molecule has 1 heterocycles. The fourth-order valence-corrected chi connectivity index (χ4v) is 4.26. The second kappa shape index (κ2) is 7.75. The summed E-state index contributed by atoms with van der Waals surface area (Å²) in [4.78, 5) is 39.7. The molecule has 25 heavy (non-hydrogen) atoms. The van der Waals surface area contributed by atoms with Gasteiger partial charge in [0, 0.05) is 32.6 Å². The Hall–Kier alpha value is -1.59. The van der Waals surface area contributed by atoms with Crippen molar-refractivity contribution in [3.05, 3.63) is 0 Å². The minimum atomic E-state index is -0.867. The largest absolute Gasteiger partial charge is 0.481 e. The number of carbonyl (C=O) groups is 3. The molecule has 0 unspecified atom stereocenters. The average Bonchev–Trinajstić information content (AvgIpc) is 3.16. The minimum absolute atomic E-state index is 0.00457. The van der Waals surface area contributed by atoms with Crippen molar-refractivity contribution in [3.8, 4) is 0 Å². The van der Waals surface area contributed by atoms with Crippen LogP contribution in [0.2, 0.25) is 0 Å². The van der Waals surface area contributed by atoms with Crippen molar-refractivity contribution in [1.29, 1.82) is 0 Å². The molecule has 2 rings (SSSR count). The minimum Gasteiger partial charge on any atom is -0.481 e. The molecule has 0 radical (unpaired) electrons. The number of carboxylic acid groups (broad SMARTS) is 1. The van der Waals surface area contributed by atoms with Crippen molar-refractivity contribution in [2.45, 2.75) is 53.4 Å². The molecule has 6 nitrogen and oxygen atoms in total. The number of carboxylic acids is 1. The first-order valence-electron chi connectivity index (χ1n) is 9.53. The summed E-state index contributed by atoms with van der Waals surface area (Å²) in [6.45, 7) is 10.6. The normalized spacial score (nSPS) is 25.5. The van der Waals surface area contributed by atoms with E-state index in [4.69, 9.17) is 0 Å². The summed E-state index contributed by atoms with van der Waals surface area (Å²) >= 11 is 0. The molecule has 1 saturated carbocycles. The highest BCUT2D eigenvalue weighted by Crippen LogP contribution is 2.59. The molecule has 2 amide bonds. The molecule has 0 aromatic heterocycles. The van der Waals surface area contributed by atoms with Crippen molar-refractivity contribution < 1.29 is 19.5 Å². The second-order valence-corrected chi connectivity index (χ2v) is 7.99. The lowest BCUT2D eigenvalue weighted by atomic mass is 9.91. The fourth-order valence-electron chi connectivity index (χ4n) is 4.26. The topological polar surface area (TPSA) is 77.9 Å². The van der Waals surface area contributed by atoms with Crippen molar-refractivity contribution in [1.82, 2.24) is 9.80 Å². The number of rotatable bonds is 7. The maximum absolute atomic E-state index is 12.6. The van der Waals surface area contributed by atoms with Crippen LogP contribution in [0, 0.1) is 23.2 Å². The number of aliphatic carboxylic acids is 1. The molecule has 1 aliphatic carbocycles. The zero-order chi connectivity index (χ0) is 18.8. The van der Waals surface area contributed by atoms with Crippen LogP contribution in [0.1, 0.15) is 53.4 Å². The predicted molar refractivity (Wildman–Crippen MR) is 94.9 cm³/mol. The van der Waals surface area contributed by atoms with Crippen LogP contribution in [0.3, 0.4) is 0 Å². The van der Waals surface area contributed by atoms with Crippen molar-refractivity contribution in [2.24, 2.45) is 23.2 Å². The van der Waals surface area contributed by atoms with E-state index in [1.807, 2.05) is 37.5 Å². The molecule has 1 aliphatic heterocycles. The third-order valence-corrected chi connectivity index (χ3v) is 6.17. The van der Waals surface area contributed by atoms with E-state index in [1.54, 1.807) is 0 Å². The fraction of sp³-hybridized carbons (Fsp3) is 0.842. The number of piperidine rings is 1. The first-order valence-corrected chi connectivity index (χ1v) is 9.53. The molecule has 2 aliphatic rings. The molecule has 2 fully saturated rings. The maximum atomic E-state index is 12.6. The summed E-state index contributed by atoms with van der Waals surface area (Å²) in [7, 11) is 0. The smallest absolute Gasteiger partial charge is 0.307 e. The maximum Gasteiger partial charge on any atom is 0.307 e. The molecule has 0 bridgehead atoms. The molecule has 2 atom stereocenters. The van der Waals surface area contributed by atoms with Gasteiger partial charge in [0.15, 0.2) is 0 Å². The van der Waals surface area contributed by atoms with E-state index < -0.39 is 17.3 Å². The quantitative estimate of drug-likeness (QED) is 0.762. The Balaban J connectivity index is 1.78. The van der Waals surface area contributed by atoms with Crippen LogP contribution in [0.5, 0.6) is 0 Å². The highest BCUT2D eigenvalue weighted by Gasteiger charge is 2.66. The van der Waals surface area contributed by atoms with E-state index in [9.17, 15) is 19.5 Å². The second-order valence-electron chi connectivity index (χ2n) is 7.99. The molecule has 142 valence electrons. The zero-order valence-corrected chi connectivity index (χ0v) is 16.0. The molecular formula is C19H32N2O4. The lowest BCUT2D eigenvalue weighted by molar-refractivity contribution is -0.142. The van der Waals surface area contributed by atoms with Crippen LogP contribution >= 0.6 is 0 Å². The van der Waals surface area contributed by atoms with Gasteiger partial charge in [-0.15, -0.1) is 0 Å². The van der Waals surface area contributed by atoms with Gasteiger partial charge in [0.25, 0.3) is 0 Å². The van der Waals surface area contributed by atoms with Crippen molar-refractivity contribution in [2.75, 3.05) is 26.2 Å². The number of amides is 2. The van der Waals surface area contributed by atoms with E-state index in [-0.39, 0.29) is 17.7 Å². The standard InChI is InChI=1S/C19H32N2O4/c1-5-20(6-2)14(22)8-7-13-9-11-21(12-10-13)17(23)15-16(18(24)25)19(15,3)4/h13,15-16H,5-12H2,1-4H3,(H,24,25)/t15-,16+/m0/s1. The van der Waals surface area contributed by atoms with Gasteiger partial charge >= 0.3 is 5.97 Å². The summed E-state index contributed by atoms with van der Waals surface area (Å²) in [6.07, 6.45) is 3.27. The van der Waals surface area contributed by atoms with Crippen LogP contribution in [-0.2, 0) is 14.4 Å². The van der Waals surface area contributed by atoms with E-state index in [0.717, 1.165) is 32.4 Å². The molecule has 1 saturated heterocycles. The Kier molecular flexibility index (Phi) is 6.12. The molecule has 0 aromatic carbocycles. The first-order chi connectivity index (χ1) is 11.7. The van der Waals surface area contributed by atoms with Gasteiger partial charge in [-0.05, 0) is 44.4 Å².